The average Bonchev–Trinajstić information content (AvgIpc) is 2.38. The Morgan fingerprint density at radius 1 is 1.35 bits per heavy atom. The third-order valence-electron chi connectivity index (χ3n) is 3.22. The average molecular weight is 276 g/mol. The van der Waals surface area contributed by atoms with Crippen molar-refractivity contribution >= 4 is 23.5 Å². The first kappa shape index (κ1) is 14.0. The van der Waals surface area contributed by atoms with Gasteiger partial charge in [0.2, 0.25) is 11.8 Å². The number of nitrogens with one attached hydrogen (secondary N) is 1. The molecular weight excluding hydrogens is 260 g/mol. The van der Waals surface area contributed by atoms with Crippen molar-refractivity contribution in [1.82, 2.24) is 4.90 Å². The number of anilines is 1. The van der Waals surface area contributed by atoms with Gasteiger partial charge in [-0.1, -0.05) is 12.1 Å². The molecule has 0 bridgehead atoms. The summed E-state index contributed by atoms with van der Waals surface area (Å²) in [7, 11) is 1.47. The molecule has 0 spiro atoms. The molecule has 6 nitrogen and oxygen atoms in total. The fourth-order valence-electron chi connectivity index (χ4n) is 2.15. The van der Waals surface area contributed by atoms with E-state index in [0.29, 0.717) is 12.8 Å². The zero-order valence-corrected chi connectivity index (χ0v) is 11.2. The van der Waals surface area contributed by atoms with Crippen LogP contribution in [0.4, 0.5) is 5.69 Å². The van der Waals surface area contributed by atoms with E-state index < -0.39 is 5.97 Å². The number of fused-ring (bicyclic) bond motifs is 1. The summed E-state index contributed by atoms with van der Waals surface area (Å²) in [5, 5.41) is 11.4. The Morgan fingerprint density at radius 3 is 2.80 bits per heavy atom. The Bertz CT molecular complexity index is 568. The second kappa shape index (κ2) is 5.73. The SMILES string of the molecule is CN(CC(=O)O)C(=O)Cc1ccc2c(c1)CCC(=O)N2. The van der Waals surface area contributed by atoms with Crippen molar-refractivity contribution in [1.29, 1.82) is 0 Å². The summed E-state index contributed by atoms with van der Waals surface area (Å²) in [5.74, 6) is -1.27. The molecule has 106 valence electrons. The van der Waals surface area contributed by atoms with E-state index in [1.54, 1.807) is 12.1 Å². The molecule has 1 heterocycles. The molecule has 2 amide bonds. The Balaban J connectivity index is 2.05. The third kappa shape index (κ3) is 3.34. The van der Waals surface area contributed by atoms with Gasteiger partial charge in [0.1, 0.15) is 6.54 Å². The maximum Gasteiger partial charge on any atom is 0.323 e. The Morgan fingerprint density at radius 2 is 2.10 bits per heavy atom. The number of benzene rings is 1. The first-order valence-corrected chi connectivity index (χ1v) is 6.33. The van der Waals surface area contributed by atoms with E-state index in [1.807, 2.05) is 6.07 Å². The molecule has 0 saturated heterocycles. The second-order valence-electron chi connectivity index (χ2n) is 4.86. The topological polar surface area (TPSA) is 86.7 Å². The van der Waals surface area contributed by atoms with E-state index in [2.05, 4.69) is 5.32 Å². The van der Waals surface area contributed by atoms with Gasteiger partial charge in [-0.2, -0.15) is 0 Å². The van der Waals surface area contributed by atoms with Crippen molar-refractivity contribution < 1.29 is 19.5 Å². The number of likely N-dealkylation sites (N-methyl/N-ethyl adjacent to an activating group) is 1. The maximum atomic E-state index is 11.9. The van der Waals surface area contributed by atoms with Crippen LogP contribution < -0.4 is 5.32 Å². The largest absolute Gasteiger partial charge is 0.480 e. The van der Waals surface area contributed by atoms with Gasteiger partial charge in [0.25, 0.3) is 0 Å². The van der Waals surface area contributed by atoms with Crippen LogP contribution in [-0.2, 0) is 27.2 Å². The number of carboxylic acid groups (broad SMARTS) is 1. The molecule has 1 aromatic carbocycles. The number of rotatable bonds is 4. The minimum absolute atomic E-state index is 0.00233. The van der Waals surface area contributed by atoms with Crippen LogP contribution in [0.15, 0.2) is 18.2 Å². The number of hydrogen-bond acceptors (Lipinski definition) is 3. The van der Waals surface area contributed by atoms with Crippen molar-refractivity contribution in [3.8, 4) is 0 Å². The highest BCUT2D eigenvalue weighted by molar-refractivity contribution is 5.94. The maximum absolute atomic E-state index is 11.9. The fourth-order valence-corrected chi connectivity index (χ4v) is 2.15. The van der Waals surface area contributed by atoms with Gasteiger partial charge in [-0.15, -0.1) is 0 Å². The van der Waals surface area contributed by atoms with Crippen molar-refractivity contribution in [2.75, 3.05) is 18.9 Å². The van der Waals surface area contributed by atoms with Crippen LogP contribution in [-0.4, -0.2) is 41.4 Å². The second-order valence-corrected chi connectivity index (χ2v) is 4.86. The Labute approximate surface area is 116 Å². The van der Waals surface area contributed by atoms with Crippen molar-refractivity contribution in [3.05, 3.63) is 29.3 Å². The summed E-state index contributed by atoms with van der Waals surface area (Å²) < 4.78 is 0. The molecule has 0 aliphatic carbocycles. The molecule has 0 fully saturated rings. The van der Waals surface area contributed by atoms with Crippen LogP contribution in [0.1, 0.15) is 17.5 Å². The molecule has 2 N–H and O–H groups in total. The molecule has 0 radical (unpaired) electrons. The predicted octanol–water partition coefficient (Wildman–Crippen LogP) is 0.657. The smallest absolute Gasteiger partial charge is 0.323 e. The van der Waals surface area contributed by atoms with Crippen LogP contribution >= 0.6 is 0 Å². The van der Waals surface area contributed by atoms with Crippen LogP contribution in [0.5, 0.6) is 0 Å². The minimum Gasteiger partial charge on any atom is -0.480 e. The zero-order valence-electron chi connectivity index (χ0n) is 11.2. The molecule has 0 saturated carbocycles. The van der Waals surface area contributed by atoms with Crippen molar-refractivity contribution in [3.63, 3.8) is 0 Å². The normalized spacial score (nSPS) is 13.3. The third-order valence-corrected chi connectivity index (χ3v) is 3.22. The minimum atomic E-state index is -1.03. The summed E-state index contributed by atoms with van der Waals surface area (Å²) in [6, 6.07) is 5.45. The quantitative estimate of drug-likeness (QED) is 0.845. The number of carboxylic acids is 1. The monoisotopic (exact) mass is 276 g/mol. The summed E-state index contributed by atoms with van der Waals surface area (Å²) in [5.41, 5.74) is 2.62. The number of aliphatic carboxylic acids is 1. The summed E-state index contributed by atoms with van der Waals surface area (Å²) in [6.45, 7) is -0.306. The number of carbonyl (C=O) groups is 3. The van der Waals surface area contributed by atoms with Gasteiger partial charge in [-0.05, 0) is 23.6 Å². The van der Waals surface area contributed by atoms with E-state index in [0.717, 1.165) is 16.8 Å². The molecular formula is C14H16N2O4. The molecule has 1 aromatic rings. The summed E-state index contributed by atoms with van der Waals surface area (Å²) in [4.78, 5) is 34.9. The lowest BCUT2D eigenvalue weighted by Crippen LogP contribution is -2.33. The van der Waals surface area contributed by atoms with Gasteiger partial charge in [-0.25, -0.2) is 0 Å². The highest BCUT2D eigenvalue weighted by Gasteiger charge is 2.17. The van der Waals surface area contributed by atoms with E-state index in [9.17, 15) is 14.4 Å². The molecule has 0 unspecified atom stereocenters. The summed E-state index contributed by atoms with van der Waals surface area (Å²) in [6.07, 6.45) is 1.27. The molecule has 1 aliphatic rings. The summed E-state index contributed by atoms with van der Waals surface area (Å²) >= 11 is 0. The van der Waals surface area contributed by atoms with Gasteiger partial charge in [0, 0.05) is 19.2 Å². The fraction of sp³-hybridized carbons (Fsp3) is 0.357. The standard InChI is InChI=1S/C14H16N2O4/c1-16(8-14(19)20)13(18)7-9-2-4-11-10(6-9)3-5-12(17)15-11/h2,4,6H,3,5,7-8H2,1H3,(H,15,17)(H,19,20). The lowest BCUT2D eigenvalue weighted by molar-refractivity contribution is -0.143. The molecule has 0 aromatic heterocycles. The van der Waals surface area contributed by atoms with Gasteiger partial charge in [-0.3, -0.25) is 14.4 Å². The van der Waals surface area contributed by atoms with Crippen molar-refractivity contribution in [2.45, 2.75) is 19.3 Å². The van der Waals surface area contributed by atoms with Crippen LogP contribution in [0.3, 0.4) is 0 Å². The van der Waals surface area contributed by atoms with Crippen LogP contribution in [0, 0.1) is 0 Å². The molecule has 1 aliphatic heterocycles. The molecule has 2 rings (SSSR count). The van der Waals surface area contributed by atoms with Crippen LogP contribution in [0.2, 0.25) is 0 Å². The first-order chi connectivity index (χ1) is 9.45. The molecule has 0 atom stereocenters. The van der Waals surface area contributed by atoms with E-state index in [1.165, 1.54) is 11.9 Å². The van der Waals surface area contributed by atoms with Gasteiger partial charge in [0.05, 0.1) is 6.42 Å². The number of nitrogens with zero attached hydrogens (tertiary/aromatic N) is 1. The highest BCUT2D eigenvalue weighted by atomic mass is 16.4. The number of amides is 2. The Hall–Kier alpha value is -2.37. The molecule has 6 heteroatoms. The lowest BCUT2D eigenvalue weighted by atomic mass is 9.99. The van der Waals surface area contributed by atoms with Crippen LogP contribution in [0.25, 0.3) is 0 Å². The van der Waals surface area contributed by atoms with Crippen molar-refractivity contribution in [2.24, 2.45) is 0 Å². The first-order valence-electron chi connectivity index (χ1n) is 6.33. The van der Waals surface area contributed by atoms with E-state index in [4.69, 9.17) is 5.11 Å². The Kier molecular flexibility index (Phi) is 4.02. The van der Waals surface area contributed by atoms with E-state index >= 15 is 0 Å². The lowest BCUT2D eigenvalue weighted by Gasteiger charge is -2.18. The number of carbonyl (C=O) groups excluding carboxylic acids is 2. The molecule has 20 heavy (non-hydrogen) atoms. The number of aryl methyl sites for hydroxylation is 1. The number of hydrogen-bond donors (Lipinski definition) is 2. The van der Waals surface area contributed by atoms with E-state index in [-0.39, 0.29) is 24.8 Å². The van der Waals surface area contributed by atoms with Gasteiger partial charge >= 0.3 is 5.97 Å². The van der Waals surface area contributed by atoms with Gasteiger partial charge in [0.15, 0.2) is 0 Å². The van der Waals surface area contributed by atoms with Gasteiger partial charge < -0.3 is 15.3 Å². The zero-order chi connectivity index (χ0) is 14.7. The highest BCUT2D eigenvalue weighted by Crippen LogP contribution is 2.23. The predicted molar refractivity (Wildman–Crippen MR) is 72.4 cm³/mol.